The monoisotopic (exact) mass is 280 g/mol. The van der Waals surface area contributed by atoms with Gasteiger partial charge in [0.05, 0.1) is 20.6 Å². The van der Waals surface area contributed by atoms with Gasteiger partial charge >= 0.3 is 0 Å². The molecule has 1 rings (SSSR count). The van der Waals surface area contributed by atoms with Gasteiger partial charge in [-0.05, 0) is 23.6 Å². The first-order valence-electron chi connectivity index (χ1n) is 6.71. The summed E-state index contributed by atoms with van der Waals surface area (Å²) in [5.74, 6) is 1.57. The molecule has 20 heavy (non-hydrogen) atoms. The minimum absolute atomic E-state index is 0.0237. The molecule has 0 saturated heterocycles. The van der Waals surface area contributed by atoms with Crippen molar-refractivity contribution in [3.05, 3.63) is 23.8 Å². The molecule has 0 aromatic heterocycles. The number of amides is 1. The Morgan fingerprint density at radius 2 is 1.90 bits per heavy atom. The maximum Gasteiger partial charge on any atom is 0.224 e. The highest BCUT2D eigenvalue weighted by Crippen LogP contribution is 2.27. The molecule has 0 saturated carbocycles. The molecule has 1 unspecified atom stereocenters. The number of nitrogens with two attached hydrogens (primary N) is 1. The maximum absolute atomic E-state index is 11.9. The molecule has 0 aliphatic heterocycles. The molecule has 0 aliphatic carbocycles. The predicted octanol–water partition coefficient (Wildman–Crippen LogP) is 1.35. The summed E-state index contributed by atoms with van der Waals surface area (Å²) in [4.78, 5) is 11.9. The standard InChI is InChI=1S/C15H24N2O3/c1-10(2)12(16)9-17-15(18)8-11-5-6-13(19-3)14(7-11)20-4/h5-7,10,12H,8-9,16H2,1-4H3,(H,17,18). The molecule has 1 amide bonds. The highest BCUT2D eigenvalue weighted by molar-refractivity contribution is 5.78. The highest BCUT2D eigenvalue weighted by atomic mass is 16.5. The zero-order valence-corrected chi connectivity index (χ0v) is 12.6. The summed E-state index contributed by atoms with van der Waals surface area (Å²) in [7, 11) is 3.15. The number of carbonyl (C=O) groups excluding carboxylic acids is 1. The molecular formula is C15H24N2O3. The average molecular weight is 280 g/mol. The van der Waals surface area contributed by atoms with E-state index in [-0.39, 0.29) is 11.9 Å². The number of carbonyl (C=O) groups is 1. The molecule has 0 fully saturated rings. The average Bonchev–Trinajstić information content (AvgIpc) is 2.44. The number of ether oxygens (including phenoxy) is 2. The third-order valence-corrected chi connectivity index (χ3v) is 3.20. The second-order valence-electron chi connectivity index (χ2n) is 5.08. The van der Waals surface area contributed by atoms with Crippen LogP contribution in [0.4, 0.5) is 0 Å². The highest BCUT2D eigenvalue weighted by Gasteiger charge is 2.11. The van der Waals surface area contributed by atoms with E-state index >= 15 is 0 Å². The Kier molecular flexibility index (Phi) is 6.31. The number of methoxy groups -OCH3 is 2. The second kappa shape index (κ2) is 7.75. The van der Waals surface area contributed by atoms with E-state index in [1.807, 2.05) is 19.9 Å². The molecule has 112 valence electrons. The SMILES string of the molecule is COc1ccc(CC(=O)NCC(N)C(C)C)cc1OC. The van der Waals surface area contributed by atoms with Crippen LogP contribution in [0.25, 0.3) is 0 Å². The fraction of sp³-hybridized carbons (Fsp3) is 0.533. The van der Waals surface area contributed by atoms with Crippen molar-refractivity contribution in [2.45, 2.75) is 26.3 Å². The Morgan fingerprint density at radius 1 is 1.25 bits per heavy atom. The van der Waals surface area contributed by atoms with Crippen LogP contribution in [0.5, 0.6) is 11.5 Å². The van der Waals surface area contributed by atoms with E-state index in [0.29, 0.717) is 30.4 Å². The summed E-state index contributed by atoms with van der Waals surface area (Å²) >= 11 is 0. The van der Waals surface area contributed by atoms with Crippen LogP contribution in [0.15, 0.2) is 18.2 Å². The number of rotatable bonds is 7. The summed E-state index contributed by atoms with van der Waals surface area (Å²) in [6.45, 7) is 4.56. The zero-order valence-electron chi connectivity index (χ0n) is 12.6. The van der Waals surface area contributed by atoms with Gasteiger partial charge in [0.15, 0.2) is 11.5 Å². The molecular weight excluding hydrogens is 256 g/mol. The number of nitrogens with one attached hydrogen (secondary N) is 1. The second-order valence-corrected chi connectivity index (χ2v) is 5.08. The van der Waals surface area contributed by atoms with E-state index in [4.69, 9.17) is 15.2 Å². The van der Waals surface area contributed by atoms with E-state index < -0.39 is 0 Å². The van der Waals surface area contributed by atoms with Crippen LogP contribution in [-0.4, -0.2) is 32.7 Å². The van der Waals surface area contributed by atoms with Gasteiger partial charge in [0.25, 0.3) is 0 Å². The van der Waals surface area contributed by atoms with Gasteiger partial charge < -0.3 is 20.5 Å². The summed E-state index contributed by atoms with van der Waals surface area (Å²) in [6.07, 6.45) is 0.297. The molecule has 1 aromatic rings. The third kappa shape index (κ3) is 4.74. The first-order valence-corrected chi connectivity index (χ1v) is 6.71. The van der Waals surface area contributed by atoms with Crippen molar-refractivity contribution in [3.63, 3.8) is 0 Å². The topological polar surface area (TPSA) is 73.6 Å². The van der Waals surface area contributed by atoms with Gasteiger partial charge in [-0.3, -0.25) is 4.79 Å². The van der Waals surface area contributed by atoms with Gasteiger partial charge in [-0.2, -0.15) is 0 Å². The van der Waals surface area contributed by atoms with Crippen molar-refractivity contribution in [2.24, 2.45) is 11.7 Å². The lowest BCUT2D eigenvalue weighted by molar-refractivity contribution is -0.120. The fourth-order valence-corrected chi connectivity index (χ4v) is 1.71. The third-order valence-electron chi connectivity index (χ3n) is 3.20. The molecule has 0 bridgehead atoms. The summed E-state index contributed by atoms with van der Waals surface area (Å²) < 4.78 is 10.4. The lowest BCUT2D eigenvalue weighted by Gasteiger charge is -2.16. The van der Waals surface area contributed by atoms with E-state index in [9.17, 15) is 4.79 Å². The molecule has 0 aliphatic rings. The van der Waals surface area contributed by atoms with Crippen molar-refractivity contribution in [1.29, 1.82) is 0 Å². The van der Waals surface area contributed by atoms with Crippen molar-refractivity contribution in [3.8, 4) is 11.5 Å². The molecule has 0 spiro atoms. The number of hydrogen-bond donors (Lipinski definition) is 2. The van der Waals surface area contributed by atoms with Crippen LogP contribution >= 0.6 is 0 Å². The summed E-state index contributed by atoms with van der Waals surface area (Å²) in [6, 6.07) is 5.43. The Bertz CT molecular complexity index is 447. The number of benzene rings is 1. The van der Waals surface area contributed by atoms with Crippen LogP contribution in [-0.2, 0) is 11.2 Å². The molecule has 5 nitrogen and oxygen atoms in total. The van der Waals surface area contributed by atoms with Crippen LogP contribution in [0.3, 0.4) is 0 Å². The fourth-order valence-electron chi connectivity index (χ4n) is 1.71. The normalized spacial score (nSPS) is 12.1. The minimum atomic E-state index is -0.0479. The van der Waals surface area contributed by atoms with Crippen molar-refractivity contribution >= 4 is 5.91 Å². The van der Waals surface area contributed by atoms with Gasteiger partial charge in [-0.1, -0.05) is 19.9 Å². The maximum atomic E-state index is 11.9. The Labute approximate surface area is 120 Å². The van der Waals surface area contributed by atoms with Crippen molar-refractivity contribution < 1.29 is 14.3 Å². The van der Waals surface area contributed by atoms with Gasteiger partial charge in [0.2, 0.25) is 5.91 Å². The molecule has 5 heteroatoms. The van der Waals surface area contributed by atoms with Gasteiger partial charge in [-0.15, -0.1) is 0 Å². The molecule has 0 heterocycles. The van der Waals surface area contributed by atoms with E-state index in [1.165, 1.54) is 0 Å². The lowest BCUT2D eigenvalue weighted by Crippen LogP contribution is -2.40. The molecule has 1 aromatic carbocycles. The van der Waals surface area contributed by atoms with Gasteiger partial charge in [-0.25, -0.2) is 0 Å². The smallest absolute Gasteiger partial charge is 0.224 e. The quantitative estimate of drug-likeness (QED) is 0.790. The van der Waals surface area contributed by atoms with Crippen LogP contribution in [0.1, 0.15) is 19.4 Å². The largest absolute Gasteiger partial charge is 0.493 e. The summed E-state index contributed by atoms with van der Waals surface area (Å²) in [5.41, 5.74) is 6.76. The first-order chi connectivity index (χ1) is 9.47. The molecule has 0 radical (unpaired) electrons. The van der Waals surface area contributed by atoms with Crippen molar-refractivity contribution in [1.82, 2.24) is 5.32 Å². The van der Waals surface area contributed by atoms with Crippen LogP contribution < -0.4 is 20.5 Å². The molecule has 1 atom stereocenters. The van der Waals surface area contributed by atoms with Gasteiger partial charge in [0.1, 0.15) is 0 Å². The Hall–Kier alpha value is -1.75. The van der Waals surface area contributed by atoms with Crippen LogP contribution in [0.2, 0.25) is 0 Å². The van der Waals surface area contributed by atoms with E-state index in [2.05, 4.69) is 5.32 Å². The predicted molar refractivity (Wildman–Crippen MR) is 79.1 cm³/mol. The van der Waals surface area contributed by atoms with Crippen LogP contribution in [0, 0.1) is 5.92 Å². The minimum Gasteiger partial charge on any atom is -0.493 e. The summed E-state index contributed by atoms with van der Waals surface area (Å²) in [5, 5.41) is 2.84. The Morgan fingerprint density at radius 3 is 2.45 bits per heavy atom. The van der Waals surface area contributed by atoms with E-state index in [1.54, 1.807) is 26.4 Å². The molecule has 3 N–H and O–H groups in total. The number of hydrogen-bond acceptors (Lipinski definition) is 4. The first kappa shape index (κ1) is 16.3. The van der Waals surface area contributed by atoms with Crippen molar-refractivity contribution in [2.75, 3.05) is 20.8 Å². The Balaban J connectivity index is 2.58. The van der Waals surface area contributed by atoms with Gasteiger partial charge in [0, 0.05) is 12.6 Å². The lowest BCUT2D eigenvalue weighted by atomic mass is 10.1. The zero-order chi connectivity index (χ0) is 15.1. The van der Waals surface area contributed by atoms with E-state index in [0.717, 1.165) is 5.56 Å².